The van der Waals surface area contributed by atoms with E-state index in [1.165, 1.54) is 0 Å². The molecular weight excluding hydrogens is 226 g/mol. The lowest BCUT2D eigenvalue weighted by Gasteiger charge is -2.13. The minimum absolute atomic E-state index is 0.0472. The summed E-state index contributed by atoms with van der Waals surface area (Å²) < 4.78 is 0. The maximum atomic E-state index is 11.8. The van der Waals surface area contributed by atoms with Gasteiger partial charge in [-0.05, 0) is 37.1 Å². The van der Waals surface area contributed by atoms with Gasteiger partial charge >= 0.3 is 0 Å². The van der Waals surface area contributed by atoms with Crippen LogP contribution in [0.5, 0.6) is 0 Å². The van der Waals surface area contributed by atoms with Gasteiger partial charge in [0.2, 0.25) is 5.91 Å². The number of rotatable bonds is 6. The number of anilines is 1. The number of nitrogens with two attached hydrogens (primary N) is 1. The molecule has 1 amide bonds. The first-order chi connectivity index (χ1) is 8.69. The van der Waals surface area contributed by atoms with Crippen LogP contribution < -0.4 is 11.1 Å². The van der Waals surface area contributed by atoms with Crippen molar-refractivity contribution in [3.05, 3.63) is 29.8 Å². The summed E-state index contributed by atoms with van der Waals surface area (Å²) in [5, 5.41) is 11.6. The van der Waals surface area contributed by atoms with Crippen LogP contribution in [0.3, 0.4) is 0 Å². The quantitative estimate of drug-likeness (QED) is 0.806. The van der Waals surface area contributed by atoms with E-state index in [1.54, 1.807) is 24.3 Å². The molecule has 1 aromatic carbocycles. The summed E-state index contributed by atoms with van der Waals surface area (Å²) in [5.74, 6) is 0.183. The summed E-state index contributed by atoms with van der Waals surface area (Å²) >= 11 is 0. The van der Waals surface area contributed by atoms with Gasteiger partial charge in [-0.3, -0.25) is 4.79 Å². The zero-order valence-corrected chi connectivity index (χ0v) is 10.6. The van der Waals surface area contributed by atoms with Crippen molar-refractivity contribution >= 4 is 11.6 Å². The molecule has 1 rings (SSSR count). The van der Waals surface area contributed by atoms with Gasteiger partial charge in [0.25, 0.3) is 0 Å². The van der Waals surface area contributed by atoms with Gasteiger partial charge in [-0.1, -0.05) is 19.4 Å². The van der Waals surface area contributed by atoms with Gasteiger partial charge in [0.1, 0.15) is 0 Å². The van der Waals surface area contributed by atoms with Crippen molar-refractivity contribution in [2.75, 3.05) is 11.9 Å². The van der Waals surface area contributed by atoms with Crippen LogP contribution in [0.25, 0.3) is 0 Å². The van der Waals surface area contributed by atoms with Crippen LogP contribution in [0.1, 0.15) is 31.7 Å². The average Bonchev–Trinajstić information content (AvgIpc) is 2.38. The Morgan fingerprint density at radius 3 is 2.94 bits per heavy atom. The summed E-state index contributed by atoms with van der Waals surface area (Å²) in [6.45, 7) is 2.61. The van der Waals surface area contributed by atoms with Crippen LogP contribution in [0.15, 0.2) is 24.3 Å². The SMILES string of the molecule is CCCC(CN)CC(=O)Nc1cccc(C#N)c1. The lowest BCUT2D eigenvalue weighted by atomic mass is 9.99. The molecule has 0 fully saturated rings. The van der Waals surface area contributed by atoms with Crippen molar-refractivity contribution in [3.8, 4) is 6.07 Å². The molecule has 0 saturated carbocycles. The largest absolute Gasteiger partial charge is 0.330 e. The molecule has 0 aliphatic rings. The topological polar surface area (TPSA) is 78.9 Å². The number of benzene rings is 1. The molecule has 4 heteroatoms. The van der Waals surface area contributed by atoms with Crippen molar-refractivity contribution < 1.29 is 4.79 Å². The molecule has 0 saturated heterocycles. The Hall–Kier alpha value is -1.86. The molecular formula is C14H19N3O. The van der Waals surface area contributed by atoms with Crippen LogP contribution in [0, 0.1) is 17.2 Å². The van der Waals surface area contributed by atoms with Crippen molar-refractivity contribution in [2.24, 2.45) is 11.7 Å². The average molecular weight is 245 g/mol. The normalized spacial score (nSPS) is 11.6. The summed E-state index contributed by atoms with van der Waals surface area (Å²) in [5.41, 5.74) is 6.82. The Morgan fingerprint density at radius 2 is 2.33 bits per heavy atom. The van der Waals surface area contributed by atoms with E-state index in [9.17, 15) is 4.79 Å². The first kappa shape index (κ1) is 14.2. The number of nitrogens with zero attached hydrogens (tertiary/aromatic N) is 1. The molecule has 96 valence electrons. The van der Waals surface area contributed by atoms with E-state index < -0.39 is 0 Å². The number of nitrogens with one attached hydrogen (secondary N) is 1. The molecule has 0 aliphatic heterocycles. The van der Waals surface area contributed by atoms with Gasteiger partial charge in [0.15, 0.2) is 0 Å². The monoisotopic (exact) mass is 245 g/mol. The molecule has 0 aromatic heterocycles. The van der Waals surface area contributed by atoms with E-state index >= 15 is 0 Å². The number of hydrogen-bond acceptors (Lipinski definition) is 3. The molecule has 0 spiro atoms. The fraction of sp³-hybridized carbons (Fsp3) is 0.429. The van der Waals surface area contributed by atoms with Crippen LogP contribution in [-0.2, 0) is 4.79 Å². The molecule has 1 unspecified atom stereocenters. The first-order valence-corrected chi connectivity index (χ1v) is 6.19. The molecule has 0 heterocycles. The molecule has 0 aliphatic carbocycles. The Morgan fingerprint density at radius 1 is 1.56 bits per heavy atom. The number of hydrogen-bond donors (Lipinski definition) is 2. The van der Waals surface area contributed by atoms with Gasteiger partial charge in [-0.15, -0.1) is 0 Å². The number of amides is 1. The highest BCUT2D eigenvalue weighted by atomic mass is 16.1. The smallest absolute Gasteiger partial charge is 0.224 e. The third kappa shape index (κ3) is 4.56. The van der Waals surface area contributed by atoms with Crippen molar-refractivity contribution in [3.63, 3.8) is 0 Å². The number of carbonyl (C=O) groups excluding carboxylic acids is 1. The molecule has 1 aromatic rings. The fourth-order valence-electron chi connectivity index (χ4n) is 1.85. The van der Waals surface area contributed by atoms with E-state index in [1.807, 2.05) is 6.07 Å². The Kier molecular flexibility index (Phi) is 5.89. The number of nitriles is 1. The second kappa shape index (κ2) is 7.46. The van der Waals surface area contributed by atoms with Crippen molar-refractivity contribution in [2.45, 2.75) is 26.2 Å². The summed E-state index contributed by atoms with van der Waals surface area (Å²) in [7, 11) is 0. The standard InChI is InChI=1S/C14H19N3O/c1-2-4-11(9-15)8-14(18)17-13-6-3-5-12(7-13)10-16/h3,5-7,11H,2,4,8-9,15H2,1H3,(H,17,18). The highest BCUT2D eigenvalue weighted by molar-refractivity contribution is 5.91. The summed E-state index contributed by atoms with van der Waals surface area (Å²) in [6, 6.07) is 8.93. The van der Waals surface area contributed by atoms with E-state index in [0.717, 1.165) is 12.8 Å². The van der Waals surface area contributed by atoms with Gasteiger partial charge < -0.3 is 11.1 Å². The second-order valence-corrected chi connectivity index (χ2v) is 4.34. The highest BCUT2D eigenvalue weighted by Crippen LogP contribution is 2.13. The lowest BCUT2D eigenvalue weighted by Crippen LogP contribution is -2.22. The Bertz CT molecular complexity index is 437. The molecule has 4 nitrogen and oxygen atoms in total. The zero-order valence-electron chi connectivity index (χ0n) is 10.6. The molecule has 18 heavy (non-hydrogen) atoms. The van der Waals surface area contributed by atoms with Gasteiger partial charge in [0.05, 0.1) is 11.6 Å². The molecule has 0 radical (unpaired) electrons. The highest BCUT2D eigenvalue weighted by Gasteiger charge is 2.11. The van der Waals surface area contributed by atoms with Gasteiger partial charge in [0, 0.05) is 12.1 Å². The zero-order chi connectivity index (χ0) is 13.4. The van der Waals surface area contributed by atoms with Crippen molar-refractivity contribution in [1.82, 2.24) is 0 Å². The maximum absolute atomic E-state index is 11.8. The van der Waals surface area contributed by atoms with Crippen LogP contribution in [0.2, 0.25) is 0 Å². The van der Waals surface area contributed by atoms with E-state index in [4.69, 9.17) is 11.0 Å². The maximum Gasteiger partial charge on any atom is 0.224 e. The van der Waals surface area contributed by atoms with E-state index in [2.05, 4.69) is 12.2 Å². The molecule has 0 bridgehead atoms. The Balaban J connectivity index is 2.56. The minimum Gasteiger partial charge on any atom is -0.330 e. The third-order valence-corrected chi connectivity index (χ3v) is 2.78. The predicted molar refractivity (Wildman–Crippen MR) is 71.9 cm³/mol. The third-order valence-electron chi connectivity index (χ3n) is 2.78. The molecule has 1 atom stereocenters. The Labute approximate surface area is 108 Å². The number of carbonyl (C=O) groups is 1. The van der Waals surface area contributed by atoms with Crippen LogP contribution in [0.4, 0.5) is 5.69 Å². The molecule has 3 N–H and O–H groups in total. The van der Waals surface area contributed by atoms with Gasteiger partial charge in [-0.25, -0.2) is 0 Å². The van der Waals surface area contributed by atoms with Gasteiger partial charge in [-0.2, -0.15) is 5.26 Å². The fourth-order valence-corrected chi connectivity index (χ4v) is 1.85. The van der Waals surface area contributed by atoms with Crippen LogP contribution in [-0.4, -0.2) is 12.5 Å². The summed E-state index contributed by atoms with van der Waals surface area (Å²) in [4.78, 5) is 11.8. The first-order valence-electron chi connectivity index (χ1n) is 6.19. The van der Waals surface area contributed by atoms with E-state index in [-0.39, 0.29) is 11.8 Å². The van der Waals surface area contributed by atoms with E-state index in [0.29, 0.717) is 24.2 Å². The van der Waals surface area contributed by atoms with Crippen molar-refractivity contribution in [1.29, 1.82) is 5.26 Å². The van der Waals surface area contributed by atoms with Crippen LogP contribution >= 0.6 is 0 Å². The predicted octanol–water partition coefficient (Wildman–Crippen LogP) is 2.26. The summed E-state index contributed by atoms with van der Waals surface area (Å²) in [6.07, 6.45) is 2.42. The minimum atomic E-state index is -0.0472. The second-order valence-electron chi connectivity index (χ2n) is 4.34. The lowest BCUT2D eigenvalue weighted by molar-refractivity contribution is -0.117.